The Morgan fingerprint density at radius 1 is 1.21 bits per heavy atom. The average molecular weight is 265 g/mol. The molecule has 1 atom stereocenters. The van der Waals surface area contributed by atoms with Crippen molar-refractivity contribution in [1.82, 2.24) is 0 Å². The van der Waals surface area contributed by atoms with Gasteiger partial charge in [-0.05, 0) is 25.8 Å². The molecule has 1 rings (SSSR count). The number of anilines is 2. The number of nitrogens with one attached hydrogen (secondary N) is 1. The van der Waals surface area contributed by atoms with Gasteiger partial charge < -0.3 is 21.5 Å². The minimum absolute atomic E-state index is 0.0617. The van der Waals surface area contributed by atoms with Crippen LogP contribution in [0, 0.1) is 5.92 Å². The second-order valence-corrected chi connectivity index (χ2v) is 5.23. The van der Waals surface area contributed by atoms with Gasteiger partial charge in [-0.15, -0.1) is 0 Å². The Kier molecular flexibility index (Phi) is 5.03. The second kappa shape index (κ2) is 6.31. The van der Waals surface area contributed by atoms with Crippen LogP contribution in [0.5, 0.6) is 5.75 Å². The van der Waals surface area contributed by atoms with Crippen molar-refractivity contribution in [2.75, 3.05) is 11.1 Å². The van der Waals surface area contributed by atoms with Crippen molar-refractivity contribution >= 4 is 17.3 Å². The maximum absolute atomic E-state index is 11.4. The fourth-order valence-electron chi connectivity index (χ4n) is 1.79. The van der Waals surface area contributed by atoms with Crippen LogP contribution < -0.4 is 21.5 Å². The highest BCUT2D eigenvalue weighted by Crippen LogP contribution is 2.24. The molecule has 0 bridgehead atoms. The molecule has 0 saturated carbocycles. The first kappa shape index (κ1) is 15.1. The highest BCUT2D eigenvalue weighted by atomic mass is 16.5. The van der Waals surface area contributed by atoms with Crippen molar-refractivity contribution in [2.24, 2.45) is 11.7 Å². The lowest BCUT2D eigenvalue weighted by atomic mass is 10.0. The average Bonchev–Trinajstić information content (AvgIpc) is 2.23. The maximum atomic E-state index is 11.4. The lowest BCUT2D eigenvalue weighted by Gasteiger charge is -2.21. The van der Waals surface area contributed by atoms with Crippen LogP contribution in [0.2, 0.25) is 0 Å². The van der Waals surface area contributed by atoms with Crippen molar-refractivity contribution in [3.05, 3.63) is 18.2 Å². The molecule has 0 aliphatic heterocycles. The molecule has 1 amide bonds. The van der Waals surface area contributed by atoms with E-state index in [-0.39, 0.29) is 17.9 Å². The van der Waals surface area contributed by atoms with Gasteiger partial charge in [0.2, 0.25) is 5.91 Å². The molecule has 0 spiro atoms. The molecular weight excluding hydrogens is 242 g/mol. The quantitative estimate of drug-likeness (QED) is 0.686. The van der Waals surface area contributed by atoms with E-state index < -0.39 is 6.04 Å². The Hall–Kier alpha value is -1.91. The van der Waals surface area contributed by atoms with E-state index in [4.69, 9.17) is 16.2 Å². The monoisotopic (exact) mass is 265 g/mol. The summed E-state index contributed by atoms with van der Waals surface area (Å²) in [5.74, 6) is 0.377. The number of benzene rings is 1. The third kappa shape index (κ3) is 4.69. The highest BCUT2D eigenvalue weighted by Gasteiger charge is 2.19. The summed E-state index contributed by atoms with van der Waals surface area (Å²) in [4.78, 5) is 11.4. The molecule has 0 radical (unpaired) electrons. The normalized spacial score (nSPS) is 12.5. The zero-order valence-electron chi connectivity index (χ0n) is 11.9. The van der Waals surface area contributed by atoms with E-state index in [2.05, 4.69) is 5.32 Å². The topological polar surface area (TPSA) is 90.4 Å². The fourth-order valence-corrected chi connectivity index (χ4v) is 1.79. The number of carbonyl (C=O) groups excluding carboxylic acids is 1. The van der Waals surface area contributed by atoms with Gasteiger partial charge in [0.05, 0.1) is 6.10 Å². The first-order valence-electron chi connectivity index (χ1n) is 6.42. The van der Waals surface area contributed by atoms with Gasteiger partial charge in [-0.25, -0.2) is 0 Å². The number of ether oxygens (including phenoxy) is 1. The van der Waals surface area contributed by atoms with Gasteiger partial charge in [-0.3, -0.25) is 4.79 Å². The first-order chi connectivity index (χ1) is 8.79. The number of hydrogen-bond donors (Lipinski definition) is 3. The van der Waals surface area contributed by atoms with Gasteiger partial charge in [-0.1, -0.05) is 13.8 Å². The molecule has 1 aromatic rings. The summed E-state index contributed by atoms with van der Waals surface area (Å²) < 4.78 is 5.60. The summed E-state index contributed by atoms with van der Waals surface area (Å²) in [5, 5.41) is 3.10. The highest BCUT2D eigenvalue weighted by molar-refractivity contribution is 5.83. The zero-order chi connectivity index (χ0) is 14.6. The van der Waals surface area contributed by atoms with Gasteiger partial charge in [0, 0.05) is 23.5 Å². The van der Waals surface area contributed by atoms with Gasteiger partial charge in [0.25, 0.3) is 0 Å². The van der Waals surface area contributed by atoms with Crippen LogP contribution in [-0.4, -0.2) is 18.1 Å². The van der Waals surface area contributed by atoms with Crippen LogP contribution in [0.15, 0.2) is 18.2 Å². The molecule has 5 N–H and O–H groups in total. The molecule has 0 fully saturated rings. The van der Waals surface area contributed by atoms with E-state index in [1.807, 2.05) is 33.8 Å². The Balaban J connectivity index is 2.93. The van der Waals surface area contributed by atoms with E-state index in [0.717, 1.165) is 5.69 Å². The van der Waals surface area contributed by atoms with Crippen LogP contribution in [0.3, 0.4) is 0 Å². The molecule has 0 aliphatic carbocycles. The SMILES string of the molecule is CC(C)Oc1cc(N)cc(NC(C(N)=O)C(C)C)c1. The van der Waals surface area contributed by atoms with Gasteiger partial charge in [0.15, 0.2) is 0 Å². The van der Waals surface area contributed by atoms with Crippen molar-refractivity contribution in [2.45, 2.75) is 39.8 Å². The van der Waals surface area contributed by atoms with Crippen molar-refractivity contribution in [3.8, 4) is 5.75 Å². The van der Waals surface area contributed by atoms with Crippen LogP contribution in [-0.2, 0) is 4.79 Å². The molecule has 0 aromatic heterocycles. The van der Waals surface area contributed by atoms with Gasteiger partial charge in [0.1, 0.15) is 11.8 Å². The van der Waals surface area contributed by atoms with E-state index in [1.54, 1.807) is 12.1 Å². The number of rotatable bonds is 6. The Labute approximate surface area is 114 Å². The predicted octanol–water partition coefficient (Wildman–Crippen LogP) is 1.98. The molecule has 0 heterocycles. The molecule has 1 unspecified atom stereocenters. The van der Waals surface area contributed by atoms with Gasteiger partial charge in [-0.2, -0.15) is 0 Å². The number of carbonyl (C=O) groups is 1. The number of primary amides is 1. The lowest BCUT2D eigenvalue weighted by molar-refractivity contribution is -0.119. The predicted molar refractivity (Wildman–Crippen MR) is 78.1 cm³/mol. The van der Waals surface area contributed by atoms with Crippen molar-refractivity contribution in [1.29, 1.82) is 0 Å². The minimum atomic E-state index is -0.436. The number of hydrogen-bond acceptors (Lipinski definition) is 4. The number of amides is 1. The molecule has 5 nitrogen and oxygen atoms in total. The third-order valence-corrected chi connectivity index (χ3v) is 2.60. The summed E-state index contributed by atoms with van der Waals surface area (Å²) >= 11 is 0. The fraction of sp³-hybridized carbons (Fsp3) is 0.500. The van der Waals surface area contributed by atoms with E-state index in [0.29, 0.717) is 11.4 Å². The largest absolute Gasteiger partial charge is 0.491 e. The summed E-state index contributed by atoms with van der Waals surface area (Å²) in [7, 11) is 0. The van der Waals surface area contributed by atoms with Gasteiger partial charge >= 0.3 is 0 Å². The summed E-state index contributed by atoms with van der Waals surface area (Å²) in [6.07, 6.45) is 0.0617. The second-order valence-electron chi connectivity index (χ2n) is 5.23. The summed E-state index contributed by atoms with van der Waals surface area (Å²) in [6.45, 7) is 7.74. The molecule has 106 valence electrons. The first-order valence-corrected chi connectivity index (χ1v) is 6.42. The molecule has 5 heteroatoms. The summed E-state index contributed by atoms with van der Waals surface area (Å²) in [6, 6.07) is 4.88. The molecule has 0 saturated heterocycles. The Morgan fingerprint density at radius 3 is 2.32 bits per heavy atom. The van der Waals surface area contributed by atoms with Crippen LogP contribution in [0.25, 0.3) is 0 Å². The molecule has 0 aliphatic rings. The van der Waals surface area contributed by atoms with Crippen LogP contribution in [0.1, 0.15) is 27.7 Å². The third-order valence-electron chi connectivity index (χ3n) is 2.60. The van der Waals surface area contributed by atoms with E-state index in [9.17, 15) is 4.79 Å². The Morgan fingerprint density at radius 2 is 1.84 bits per heavy atom. The van der Waals surface area contributed by atoms with Crippen LogP contribution in [0.4, 0.5) is 11.4 Å². The van der Waals surface area contributed by atoms with E-state index in [1.165, 1.54) is 0 Å². The van der Waals surface area contributed by atoms with Crippen molar-refractivity contribution < 1.29 is 9.53 Å². The lowest BCUT2D eigenvalue weighted by Crippen LogP contribution is -2.39. The Bertz CT molecular complexity index is 444. The zero-order valence-corrected chi connectivity index (χ0v) is 11.9. The number of nitrogen functional groups attached to an aromatic ring is 1. The maximum Gasteiger partial charge on any atom is 0.240 e. The minimum Gasteiger partial charge on any atom is -0.491 e. The van der Waals surface area contributed by atoms with Crippen LogP contribution >= 0.6 is 0 Å². The molecule has 1 aromatic carbocycles. The molecular formula is C14H23N3O2. The number of nitrogens with two attached hydrogens (primary N) is 2. The standard InChI is InChI=1S/C14H23N3O2/c1-8(2)13(14(16)18)17-11-5-10(15)6-12(7-11)19-9(3)4/h5-9,13,17H,15H2,1-4H3,(H2,16,18). The van der Waals surface area contributed by atoms with E-state index >= 15 is 0 Å². The smallest absolute Gasteiger partial charge is 0.240 e. The summed E-state index contributed by atoms with van der Waals surface area (Å²) in [5.41, 5.74) is 12.5. The molecule has 19 heavy (non-hydrogen) atoms. The van der Waals surface area contributed by atoms with Crippen molar-refractivity contribution in [3.63, 3.8) is 0 Å².